The fourth-order valence-corrected chi connectivity index (χ4v) is 3.00. The van der Waals surface area contributed by atoms with E-state index in [1.807, 2.05) is 0 Å². The lowest BCUT2D eigenvalue weighted by Crippen LogP contribution is -1.99. The van der Waals surface area contributed by atoms with E-state index < -0.39 is 0 Å². The van der Waals surface area contributed by atoms with Gasteiger partial charge in [-0.05, 0) is 58.0 Å². The molecule has 0 heterocycles. The van der Waals surface area contributed by atoms with E-state index in [4.69, 9.17) is 5.73 Å². The lowest BCUT2D eigenvalue weighted by Gasteiger charge is -2.14. The Labute approximate surface area is 126 Å². The Morgan fingerprint density at radius 3 is 2.10 bits per heavy atom. The smallest absolute Gasteiger partial charge is 0.0379 e. The van der Waals surface area contributed by atoms with Crippen LogP contribution in [0.4, 0.5) is 5.69 Å². The Hall–Kier alpha value is -2.28. The van der Waals surface area contributed by atoms with Gasteiger partial charge in [-0.3, -0.25) is 0 Å². The number of benzene rings is 3. The van der Waals surface area contributed by atoms with Crippen LogP contribution in [0.15, 0.2) is 54.6 Å². The van der Waals surface area contributed by atoms with Crippen molar-refractivity contribution in [2.24, 2.45) is 0 Å². The van der Waals surface area contributed by atoms with Crippen molar-refractivity contribution in [2.75, 3.05) is 5.73 Å². The van der Waals surface area contributed by atoms with Gasteiger partial charge in [0.1, 0.15) is 0 Å². The van der Waals surface area contributed by atoms with Crippen LogP contribution in [-0.4, -0.2) is 0 Å². The highest BCUT2D eigenvalue weighted by molar-refractivity contribution is 5.97. The monoisotopic (exact) mass is 275 g/mol. The standard InChI is InChI=1S/C20H21N/c1-3-14-12-17(13-15(4-2)20(14)21)19-11-7-9-16-8-5-6-10-18(16)19/h5-13H,3-4,21H2,1-2H3. The summed E-state index contributed by atoms with van der Waals surface area (Å²) in [7, 11) is 0. The molecule has 106 valence electrons. The fraction of sp³-hybridized carbons (Fsp3) is 0.200. The Kier molecular flexibility index (Phi) is 3.66. The average Bonchev–Trinajstić information content (AvgIpc) is 2.54. The number of hydrogen-bond acceptors (Lipinski definition) is 1. The number of anilines is 1. The first kappa shape index (κ1) is 13.7. The summed E-state index contributed by atoms with van der Waals surface area (Å²) in [5.41, 5.74) is 12.3. The van der Waals surface area contributed by atoms with E-state index in [1.54, 1.807) is 0 Å². The van der Waals surface area contributed by atoms with Crippen molar-refractivity contribution in [3.8, 4) is 11.1 Å². The van der Waals surface area contributed by atoms with E-state index in [1.165, 1.54) is 33.0 Å². The topological polar surface area (TPSA) is 26.0 Å². The molecule has 3 aromatic rings. The molecule has 0 spiro atoms. The molecule has 0 aromatic heterocycles. The summed E-state index contributed by atoms with van der Waals surface area (Å²) in [6, 6.07) is 19.5. The number of aryl methyl sites for hydroxylation is 2. The van der Waals surface area contributed by atoms with Crippen molar-refractivity contribution in [1.29, 1.82) is 0 Å². The van der Waals surface area contributed by atoms with E-state index in [-0.39, 0.29) is 0 Å². The Morgan fingerprint density at radius 2 is 1.43 bits per heavy atom. The van der Waals surface area contributed by atoms with Crippen molar-refractivity contribution in [3.63, 3.8) is 0 Å². The summed E-state index contributed by atoms with van der Waals surface area (Å²) in [5, 5.41) is 2.58. The molecular formula is C20H21N. The second-order valence-electron chi connectivity index (χ2n) is 5.44. The van der Waals surface area contributed by atoms with Gasteiger partial charge in [0, 0.05) is 5.69 Å². The molecule has 0 fully saturated rings. The predicted molar refractivity (Wildman–Crippen MR) is 92.6 cm³/mol. The third-order valence-corrected chi connectivity index (χ3v) is 4.21. The normalized spacial score (nSPS) is 11.0. The zero-order valence-electron chi connectivity index (χ0n) is 12.7. The van der Waals surface area contributed by atoms with Crippen LogP contribution in [0.25, 0.3) is 21.9 Å². The maximum Gasteiger partial charge on any atom is 0.0379 e. The summed E-state index contributed by atoms with van der Waals surface area (Å²) < 4.78 is 0. The molecule has 0 aliphatic carbocycles. The van der Waals surface area contributed by atoms with Gasteiger partial charge in [0.05, 0.1) is 0 Å². The van der Waals surface area contributed by atoms with Crippen LogP contribution in [0.2, 0.25) is 0 Å². The van der Waals surface area contributed by atoms with Crippen LogP contribution >= 0.6 is 0 Å². The van der Waals surface area contributed by atoms with E-state index in [0.29, 0.717) is 0 Å². The van der Waals surface area contributed by atoms with Gasteiger partial charge in [0.2, 0.25) is 0 Å². The Balaban J connectivity index is 2.28. The summed E-state index contributed by atoms with van der Waals surface area (Å²) in [6.45, 7) is 4.33. The Morgan fingerprint density at radius 1 is 0.810 bits per heavy atom. The molecular weight excluding hydrogens is 254 g/mol. The van der Waals surface area contributed by atoms with Crippen LogP contribution < -0.4 is 5.73 Å². The predicted octanol–water partition coefficient (Wildman–Crippen LogP) is 5.21. The highest BCUT2D eigenvalue weighted by atomic mass is 14.6. The molecule has 0 radical (unpaired) electrons. The van der Waals surface area contributed by atoms with Crippen LogP contribution in [-0.2, 0) is 12.8 Å². The van der Waals surface area contributed by atoms with Gasteiger partial charge >= 0.3 is 0 Å². The number of hydrogen-bond donors (Lipinski definition) is 1. The quantitative estimate of drug-likeness (QED) is 0.652. The lowest BCUT2D eigenvalue weighted by atomic mass is 9.93. The lowest BCUT2D eigenvalue weighted by molar-refractivity contribution is 1.10. The fourth-order valence-electron chi connectivity index (χ4n) is 3.00. The van der Waals surface area contributed by atoms with Gasteiger partial charge in [-0.25, -0.2) is 0 Å². The largest absolute Gasteiger partial charge is 0.398 e. The molecule has 1 nitrogen and oxygen atoms in total. The van der Waals surface area contributed by atoms with Crippen molar-refractivity contribution in [2.45, 2.75) is 26.7 Å². The second kappa shape index (κ2) is 5.61. The first-order valence-electron chi connectivity index (χ1n) is 7.64. The van der Waals surface area contributed by atoms with E-state index in [2.05, 4.69) is 68.4 Å². The molecule has 3 aromatic carbocycles. The summed E-state index contributed by atoms with van der Waals surface area (Å²) in [4.78, 5) is 0. The summed E-state index contributed by atoms with van der Waals surface area (Å²) in [5.74, 6) is 0. The summed E-state index contributed by atoms with van der Waals surface area (Å²) >= 11 is 0. The molecule has 3 rings (SSSR count). The minimum atomic E-state index is 0.962. The molecule has 0 aliphatic rings. The molecule has 0 atom stereocenters. The highest BCUT2D eigenvalue weighted by Crippen LogP contribution is 2.32. The third-order valence-electron chi connectivity index (χ3n) is 4.21. The molecule has 1 heteroatoms. The van der Waals surface area contributed by atoms with Gasteiger partial charge < -0.3 is 5.73 Å². The maximum atomic E-state index is 6.26. The van der Waals surface area contributed by atoms with E-state index in [0.717, 1.165) is 18.5 Å². The van der Waals surface area contributed by atoms with Crippen molar-refractivity contribution < 1.29 is 0 Å². The molecule has 0 unspecified atom stereocenters. The van der Waals surface area contributed by atoms with Gasteiger partial charge in [0.15, 0.2) is 0 Å². The number of nitrogens with two attached hydrogens (primary N) is 1. The number of rotatable bonds is 3. The SMILES string of the molecule is CCc1cc(-c2cccc3ccccc23)cc(CC)c1N. The zero-order valence-corrected chi connectivity index (χ0v) is 12.7. The Bertz CT molecular complexity index is 756. The third kappa shape index (κ3) is 2.40. The van der Waals surface area contributed by atoms with Gasteiger partial charge in [0.25, 0.3) is 0 Å². The highest BCUT2D eigenvalue weighted by Gasteiger charge is 2.09. The first-order valence-corrected chi connectivity index (χ1v) is 7.64. The van der Waals surface area contributed by atoms with Gasteiger partial charge in [-0.2, -0.15) is 0 Å². The van der Waals surface area contributed by atoms with E-state index >= 15 is 0 Å². The molecule has 0 saturated carbocycles. The van der Waals surface area contributed by atoms with Crippen molar-refractivity contribution in [3.05, 3.63) is 65.7 Å². The van der Waals surface area contributed by atoms with Crippen LogP contribution in [0.5, 0.6) is 0 Å². The van der Waals surface area contributed by atoms with Crippen molar-refractivity contribution in [1.82, 2.24) is 0 Å². The van der Waals surface area contributed by atoms with E-state index in [9.17, 15) is 0 Å². The molecule has 0 aliphatic heterocycles. The molecule has 21 heavy (non-hydrogen) atoms. The average molecular weight is 275 g/mol. The maximum absolute atomic E-state index is 6.26. The molecule has 2 N–H and O–H groups in total. The van der Waals surface area contributed by atoms with Crippen molar-refractivity contribution >= 4 is 16.5 Å². The van der Waals surface area contributed by atoms with Gasteiger partial charge in [-0.1, -0.05) is 56.3 Å². The number of nitrogen functional groups attached to an aromatic ring is 1. The minimum absolute atomic E-state index is 0.962. The van der Waals surface area contributed by atoms with Crippen LogP contribution in [0.1, 0.15) is 25.0 Å². The molecule has 0 amide bonds. The zero-order chi connectivity index (χ0) is 14.8. The second-order valence-corrected chi connectivity index (χ2v) is 5.44. The van der Waals surface area contributed by atoms with Gasteiger partial charge in [-0.15, -0.1) is 0 Å². The van der Waals surface area contributed by atoms with Crippen LogP contribution in [0.3, 0.4) is 0 Å². The first-order chi connectivity index (χ1) is 10.2. The molecule has 0 bridgehead atoms. The minimum Gasteiger partial charge on any atom is -0.398 e. The van der Waals surface area contributed by atoms with Crippen LogP contribution in [0, 0.1) is 0 Å². The molecule has 0 saturated heterocycles. The summed E-state index contributed by atoms with van der Waals surface area (Å²) in [6.07, 6.45) is 1.94. The number of fused-ring (bicyclic) bond motifs is 1.